The Hall–Kier alpha value is -0.120. The summed E-state index contributed by atoms with van der Waals surface area (Å²) in [5.74, 6) is 1.38. The molecule has 3 fully saturated rings. The van der Waals surface area contributed by atoms with Crippen LogP contribution in [0.1, 0.15) is 32.6 Å². The molecule has 1 aliphatic heterocycles. The first kappa shape index (κ1) is 11.9. The van der Waals surface area contributed by atoms with Gasteiger partial charge in [0.15, 0.2) is 0 Å². The second-order valence-electron chi connectivity index (χ2n) is 6.22. The lowest BCUT2D eigenvalue weighted by molar-refractivity contribution is -0.139. The third-order valence-electron chi connectivity index (χ3n) is 5.84. The molecule has 0 aromatic rings. The molecular formula is C14H25NO2. The normalized spacial score (nSPS) is 49.6. The molecule has 1 saturated heterocycles. The Morgan fingerprint density at radius 1 is 1.35 bits per heavy atom. The van der Waals surface area contributed by atoms with Gasteiger partial charge in [-0.2, -0.15) is 0 Å². The van der Waals surface area contributed by atoms with Crippen LogP contribution in [-0.2, 0) is 4.74 Å². The summed E-state index contributed by atoms with van der Waals surface area (Å²) < 4.78 is 5.73. The number of ether oxygens (including phenoxy) is 1. The Morgan fingerprint density at radius 2 is 2.18 bits per heavy atom. The monoisotopic (exact) mass is 239 g/mol. The maximum atomic E-state index is 9.92. The molecule has 0 spiro atoms. The number of rotatable bonds is 3. The highest BCUT2D eigenvalue weighted by Crippen LogP contribution is 2.58. The van der Waals surface area contributed by atoms with Crippen LogP contribution in [0.4, 0.5) is 0 Å². The van der Waals surface area contributed by atoms with E-state index in [1.54, 1.807) is 0 Å². The summed E-state index contributed by atoms with van der Waals surface area (Å²) in [6, 6.07) is 0.718. The van der Waals surface area contributed by atoms with Crippen molar-refractivity contribution in [1.82, 2.24) is 4.90 Å². The summed E-state index contributed by atoms with van der Waals surface area (Å²) in [5.41, 5.74) is 0.183. The fourth-order valence-electron chi connectivity index (χ4n) is 5.04. The van der Waals surface area contributed by atoms with Gasteiger partial charge in [0, 0.05) is 31.0 Å². The predicted molar refractivity (Wildman–Crippen MR) is 66.8 cm³/mol. The van der Waals surface area contributed by atoms with Crippen LogP contribution < -0.4 is 0 Å². The summed E-state index contributed by atoms with van der Waals surface area (Å²) in [7, 11) is 1.86. The van der Waals surface area contributed by atoms with Crippen LogP contribution in [0.2, 0.25) is 0 Å². The van der Waals surface area contributed by atoms with Crippen molar-refractivity contribution >= 4 is 0 Å². The third kappa shape index (κ3) is 1.52. The molecule has 0 aromatic carbocycles. The maximum absolute atomic E-state index is 9.92. The van der Waals surface area contributed by atoms with Crippen LogP contribution in [0.25, 0.3) is 0 Å². The van der Waals surface area contributed by atoms with Crippen molar-refractivity contribution in [2.75, 3.05) is 26.8 Å². The first-order valence-electron chi connectivity index (χ1n) is 7.13. The summed E-state index contributed by atoms with van der Waals surface area (Å²) in [5, 5.41) is 9.92. The molecule has 3 rings (SSSR count). The van der Waals surface area contributed by atoms with Crippen LogP contribution in [0, 0.1) is 17.3 Å². The number of hydrogen-bond donors (Lipinski definition) is 1. The minimum atomic E-state index is 0.183. The Balaban J connectivity index is 1.95. The molecule has 3 heteroatoms. The standard InChI is InChI=1S/C14H25NO2/c1-3-15-8-14(9-16)7-6-12(17-2)13-10(14)4-5-11(13)15/h10-13,16H,3-9H2,1-2H3/t10-,11+,12-,13-,14-/m0/s1. The highest BCUT2D eigenvalue weighted by atomic mass is 16.5. The minimum absolute atomic E-state index is 0.183. The SMILES string of the molecule is CCN1C[C@]2(CO)CC[C@H](OC)[C@@H]3[C@H]1CC[C@@H]32. The van der Waals surface area contributed by atoms with Crippen molar-refractivity contribution in [1.29, 1.82) is 0 Å². The van der Waals surface area contributed by atoms with E-state index < -0.39 is 0 Å². The molecule has 0 aromatic heterocycles. The smallest absolute Gasteiger partial charge is 0.0617 e. The lowest BCUT2D eigenvalue weighted by Gasteiger charge is -2.56. The molecular weight excluding hydrogens is 214 g/mol. The molecule has 98 valence electrons. The number of hydrogen-bond acceptors (Lipinski definition) is 3. The average molecular weight is 239 g/mol. The van der Waals surface area contributed by atoms with Gasteiger partial charge in [0.05, 0.1) is 12.7 Å². The second kappa shape index (κ2) is 4.22. The molecule has 2 saturated carbocycles. The highest BCUT2D eigenvalue weighted by Gasteiger charge is 2.59. The Morgan fingerprint density at radius 3 is 2.82 bits per heavy atom. The van der Waals surface area contributed by atoms with Gasteiger partial charge < -0.3 is 9.84 Å². The van der Waals surface area contributed by atoms with E-state index in [-0.39, 0.29) is 5.41 Å². The zero-order valence-electron chi connectivity index (χ0n) is 11.1. The van der Waals surface area contributed by atoms with E-state index in [0.29, 0.717) is 24.5 Å². The largest absolute Gasteiger partial charge is 0.396 e. The Labute approximate surface area is 104 Å². The second-order valence-corrected chi connectivity index (χ2v) is 6.22. The molecule has 17 heavy (non-hydrogen) atoms. The maximum Gasteiger partial charge on any atom is 0.0617 e. The van der Waals surface area contributed by atoms with Gasteiger partial charge in [-0.3, -0.25) is 4.90 Å². The van der Waals surface area contributed by atoms with Crippen molar-refractivity contribution in [2.24, 2.45) is 17.3 Å². The fourth-order valence-corrected chi connectivity index (χ4v) is 5.04. The van der Waals surface area contributed by atoms with E-state index in [4.69, 9.17) is 4.74 Å². The zero-order valence-corrected chi connectivity index (χ0v) is 11.1. The first-order valence-corrected chi connectivity index (χ1v) is 7.13. The minimum Gasteiger partial charge on any atom is -0.396 e. The van der Waals surface area contributed by atoms with Crippen molar-refractivity contribution in [3.63, 3.8) is 0 Å². The number of aliphatic hydroxyl groups is 1. The lowest BCUT2D eigenvalue weighted by Crippen LogP contribution is -2.61. The van der Waals surface area contributed by atoms with E-state index in [1.165, 1.54) is 12.8 Å². The van der Waals surface area contributed by atoms with E-state index in [2.05, 4.69) is 11.8 Å². The highest BCUT2D eigenvalue weighted by molar-refractivity contribution is 5.10. The summed E-state index contributed by atoms with van der Waals surface area (Å²) in [4.78, 5) is 2.61. The zero-order chi connectivity index (χ0) is 12.0. The Bertz CT molecular complexity index is 296. The van der Waals surface area contributed by atoms with E-state index in [0.717, 1.165) is 32.0 Å². The molecule has 3 nitrogen and oxygen atoms in total. The number of methoxy groups -OCH3 is 1. The molecule has 5 atom stereocenters. The molecule has 1 heterocycles. The van der Waals surface area contributed by atoms with Crippen LogP contribution in [0.15, 0.2) is 0 Å². The average Bonchev–Trinajstić information content (AvgIpc) is 2.73. The van der Waals surface area contributed by atoms with Crippen LogP contribution >= 0.6 is 0 Å². The van der Waals surface area contributed by atoms with Gasteiger partial charge in [-0.05, 0) is 38.1 Å². The van der Waals surface area contributed by atoms with Gasteiger partial charge in [-0.15, -0.1) is 0 Å². The Kier molecular flexibility index (Phi) is 2.96. The van der Waals surface area contributed by atoms with E-state index >= 15 is 0 Å². The van der Waals surface area contributed by atoms with Crippen LogP contribution in [-0.4, -0.2) is 49.0 Å². The predicted octanol–water partition coefficient (Wildman–Crippen LogP) is 1.50. The van der Waals surface area contributed by atoms with Gasteiger partial charge >= 0.3 is 0 Å². The van der Waals surface area contributed by atoms with E-state index in [1.807, 2.05) is 7.11 Å². The summed E-state index contributed by atoms with van der Waals surface area (Å²) >= 11 is 0. The van der Waals surface area contributed by atoms with Gasteiger partial charge in [0.25, 0.3) is 0 Å². The number of nitrogens with zero attached hydrogens (tertiary/aromatic N) is 1. The van der Waals surface area contributed by atoms with Crippen molar-refractivity contribution in [2.45, 2.75) is 44.8 Å². The molecule has 1 N–H and O–H groups in total. The molecule has 3 aliphatic rings. The number of likely N-dealkylation sites (tertiary alicyclic amines) is 1. The lowest BCUT2D eigenvalue weighted by atomic mass is 9.59. The van der Waals surface area contributed by atoms with Crippen molar-refractivity contribution < 1.29 is 9.84 Å². The van der Waals surface area contributed by atoms with Gasteiger partial charge in [0.1, 0.15) is 0 Å². The molecule has 2 aliphatic carbocycles. The molecule has 0 radical (unpaired) electrons. The number of aliphatic hydroxyl groups excluding tert-OH is 1. The number of piperidine rings is 1. The van der Waals surface area contributed by atoms with Gasteiger partial charge in [-0.25, -0.2) is 0 Å². The molecule has 0 unspecified atom stereocenters. The first-order chi connectivity index (χ1) is 8.25. The van der Waals surface area contributed by atoms with Crippen LogP contribution in [0.3, 0.4) is 0 Å². The fraction of sp³-hybridized carbons (Fsp3) is 1.00. The van der Waals surface area contributed by atoms with Crippen molar-refractivity contribution in [3.8, 4) is 0 Å². The van der Waals surface area contributed by atoms with Crippen LogP contribution in [0.5, 0.6) is 0 Å². The topological polar surface area (TPSA) is 32.7 Å². The summed E-state index contributed by atoms with van der Waals surface area (Å²) in [6.45, 7) is 4.85. The molecule has 4 bridgehead atoms. The quantitative estimate of drug-likeness (QED) is 0.810. The summed E-state index contributed by atoms with van der Waals surface area (Å²) in [6.07, 6.45) is 5.33. The third-order valence-corrected chi connectivity index (χ3v) is 5.84. The molecule has 0 amide bonds. The van der Waals surface area contributed by atoms with Gasteiger partial charge in [-0.1, -0.05) is 6.92 Å². The van der Waals surface area contributed by atoms with E-state index in [9.17, 15) is 5.11 Å². The van der Waals surface area contributed by atoms with Crippen molar-refractivity contribution in [3.05, 3.63) is 0 Å². The van der Waals surface area contributed by atoms with Gasteiger partial charge in [0.2, 0.25) is 0 Å².